The third-order valence-corrected chi connectivity index (χ3v) is 8.03. The highest BCUT2D eigenvalue weighted by atomic mass is 32.1. The smallest absolute Gasteiger partial charge is 0.260 e. The van der Waals surface area contributed by atoms with Gasteiger partial charge in [0.25, 0.3) is 6.71 Å². The number of hydrogen-bond donors (Lipinski definition) is 0. The van der Waals surface area contributed by atoms with Gasteiger partial charge in [0.2, 0.25) is 0 Å². The summed E-state index contributed by atoms with van der Waals surface area (Å²) in [6.45, 7) is 0.764. The molecule has 0 unspecified atom stereocenters. The van der Waals surface area contributed by atoms with Crippen molar-refractivity contribution < 1.29 is 9.47 Å². The van der Waals surface area contributed by atoms with Gasteiger partial charge in [0.1, 0.15) is 28.0 Å². The summed E-state index contributed by atoms with van der Waals surface area (Å²) in [6, 6.07) is 29.4. The Bertz CT molecular complexity index is 1670. The monoisotopic (exact) mass is 497 g/mol. The molecule has 0 fully saturated rings. The van der Waals surface area contributed by atoms with Gasteiger partial charge in [-0.15, -0.1) is 11.3 Å². The first kappa shape index (κ1) is 20.7. The molecule has 0 aliphatic carbocycles. The quantitative estimate of drug-likeness (QED) is 0.310. The maximum absolute atomic E-state index is 6.41. The van der Waals surface area contributed by atoms with Gasteiger partial charge in [0.15, 0.2) is 0 Å². The Morgan fingerprint density at radius 2 is 1.43 bits per heavy atom. The Balaban J connectivity index is 1.23. The van der Waals surface area contributed by atoms with Crippen LogP contribution in [0.25, 0.3) is 10.6 Å². The van der Waals surface area contributed by atoms with E-state index >= 15 is 0 Å². The van der Waals surface area contributed by atoms with Gasteiger partial charge in [-0.25, -0.2) is 4.98 Å². The number of nitrogens with zero attached hydrogens (tertiary/aromatic N) is 3. The first-order chi connectivity index (χ1) is 18.3. The Hall–Kier alpha value is -4.49. The number of fused-ring (bicyclic) bond motifs is 4. The summed E-state index contributed by atoms with van der Waals surface area (Å²) in [7, 11) is 0. The summed E-state index contributed by atoms with van der Waals surface area (Å²) in [6.07, 6.45) is 6.11. The van der Waals surface area contributed by atoms with Crippen LogP contribution in [-0.2, 0) is 0 Å². The molecule has 3 aliphatic heterocycles. The predicted molar refractivity (Wildman–Crippen MR) is 151 cm³/mol. The van der Waals surface area contributed by atoms with E-state index in [2.05, 4.69) is 87.8 Å². The fourth-order valence-electron chi connectivity index (χ4n) is 5.48. The van der Waals surface area contributed by atoms with Gasteiger partial charge in [-0.1, -0.05) is 30.3 Å². The number of para-hydroxylation sites is 1. The zero-order chi connectivity index (χ0) is 24.3. The summed E-state index contributed by atoms with van der Waals surface area (Å²) < 4.78 is 12.8. The van der Waals surface area contributed by atoms with E-state index in [-0.39, 0.29) is 6.71 Å². The lowest BCUT2D eigenvalue weighted by atomic mass is 9.34. The molecule has 37 heavy (non-hydrogen) atoms. The minimum Gasteiger partial charge on any atom is -0.458 e. The maximum atomic E-state index is 6.41. The molecule has 3 aliphatic rings. The highest BCUT2D eigenvalue weighted by Crippen LogP contribution is 2.36. The summed E-state index contributed by atoms with van der Waals surface area (Å²) in [5.41, 5.74) is 6.76. The molecule has 0 saturated heterocycles. The zero-order valence-corrected chi connectivity index (χ0v) is 20.6. The second kappa shape index (κ2) is 8.01. The molecule has 0 saturated carbocycles. The largest absolute Gasteiger partial charge is 0.458 e. The maximum Gasteiger partial charge on any atom is 0.260 e. The molecule has 0 bridgehead atoms. The SMILES string of the molecule is C1=CN(c2ccc3c(c2)B2c4cc(-c5nccs5)ccc4Oc4cccc(c42)O3)CN1c1ccccc1. The van der Waals surface area contributed by atoms with Crippen molar-refractivity contribution in [1.29, 1.82) is 0 Å². The highest BCUT2D eigenvalue weighted by Gasteiger charge is 2.40. The third-order valence-electron chi connectivity index (χ3n) is 7.21. The lowest BCUT2D eigenvalue weighted by Crippen LogP contribution is -2.57. The van der Waals surface area contributed by atoms with Crippen molar-refractivity contribution in [3.63, 3.8) is 0 Å². The van der Waals surface area contributed by atoms with Gasteiger partial charge in [0.05, 0.1) is 6.67 Å². The number of rotatable bonds is 3. The van der Waals surface area contributed by atoms with Gasteiger partial charge < -0.3 is 19.3 Å². The Kier molecular flexibility index (Phi) is 4.48. The van der Waals surface area contributed by atoms with Crippen molar-refractivity contribution in [3.05, 3.63) is 109 Å². The molecule has 5 nitrogen and oxygen atoms in total. The molecular weight excluding hydrogens is 477 g/mol. The number of ether oxygens (including phenoxy) is 2. The molecule has 4 aromatic carbocycles. The Morgan fingerprint density at radius 3 is 2.19 bits per heavy atom. The average molecular weight is 497 g/mol. The summed E-state index contributed by atoms with van der Waals surface area (Å²) >= 11 is 1.65. The predicted octanol–water partition coefficient (Wildman–Crippen LogP) is 5.29. The van der Waals surface area contributed by atoms with Gasteiger partial charge in [-0.2, -0.15) is 0 Å². The van der Waals surface area contributed by atoms with Crippen LogP contribution in [0.5, 0.6) is 23.0 Å². The summed E-state index contributed by atoms with van der Waals surface area (Å²) in [5.74, 6) is 3.47. The van der Waals surface area contributed by atoms with E-state index in [4.69, 9.17) is 9.47 Å². The van der Waals surface area contributed by atoms with Crippen molar-refractivity contribution in [3.8, 4) is 33.6 Å². The number of thiazole rings is 1. The number of hydrogen-bond acceptors (Lipinski definition) is 6. The lowest BCUT2D eigenvalue weighted by molar-refractivity contribution is 0.464. The normalized spacial score (nSPS) is 14.5. The molecule has 8 rings (SSSR count). The molecule has 176 valence electrons. The number of anilines is 2. The molecule has 0 spiro atoms. The number of benzene rings is 4. The van der Waals surface area contributed by atoms with Crippen LogP contribution in [0.4, 0.5) is 11.4 Å². The van der Waals surface area contributed by atoms with E-state index in [9.17, 15) is 0 Å². The van der Waals surface area contributed by atoms with E-state index in [1.54, 1.807) is 11.3 Å². The van der Waals surface area contributed by atoms with Crippen molar-refractivity contribution >= 4 is 45.8 Å². The van der Waals surface area contributed by atoms with Gasteiger partial charge in [0, 0.05) is 46.4 Å². The van der Waals surface area contributed by atoms with Crippen molar-refractivity contribution in [2.24, 2.45) is 0 Å². The molecule has 0 radical (unpaired) electrons. The minimum atomic E-state index is 0.00960. The van der Waals surface area contributed by atoms with Crippen molar-refractivity contribution in [2.45, 2.75) is 0 Å². The van der Waals surface area contributed by atoms with Crippen LogP contribution >= 0.6 is 11.3 Å². The Morgan fingerprint density at radius 1 is 0.703 bits per heavy atom. The van der Waals surface area contributed by atoms with E-state index in [0.717, 1.165) is 62.3 Å². The topological polar surface area (TPSA) is 37.8 Å². The molecule has 0 amide bonds. The lowest BCUT2D eigenvalue weighted by Gasteiger charge is -2.33. The number of aromatic nitrogens is 1. The van der Waals surface area contributed by atoms with Crippen LogP contribution in [0.3, 0.4) is 0 Å². The standard InChI is InChI=1S/C30H20BN3O2S/c1-2-5-21(6-3-1)33-14-15-34(19-33)22-10-12-26-24(18-22)31-23-17-20(30-32-13-16-37-30)9-11-25(23)35-27-7-4-8-28(36-26)29(27)31/h1-18H,19H2. The van der Waals surface area contributed by atoms with Gasteiger partial charge in [-0.05, 0) is 65.5 Å². The molecule has 5 aromatic rings. The minimum absolute atomic E-state index is 0.00960. The Labute approximate surface area is 218 Å². The molecule has 1 aromatic heterocycles. The van der Waals surface area contributed by atoms with E-state index in [1.165, 1.54) is 5.69 Å². The van der Waals surface area contributed by atoms with Crippen LogP contribution in [-0.4, -0.2) is 18.4 Å². The van der Waals surface area contributed by atoms with Crippen molar-refractivity contribution in [2.75, 3.05) is 16.5 Å². The fourth-order valence-corrected chi connectivity index (χ4v) is 6.11. The second-order valence-corrected chi connectivity index (χ2v) is 10.2. The van der Waals surface area contributed by atoms with Crippen LogP contribution in [0.1, 0.15) is 0 Å². The molecule has 4 heterocycles. The van der Waals surface area contributed by atoms with Crippen molar-refractivity contribution in [1.82, 2.24) is 4.98 Å². The van der Waals surface area contributed by atoms with Gasteiger partial charge in [-0.3, -0.25) is 0 Å². The molecule has 0 N–H and O–H groups in total. The summed E-state index contributed by atoms with van der Waals surface area (Å²) in [4.78, 5) is 9.05. The summed E-state index contributed by atoms with van der Waals surface area (Å²) in [5, 5.41) is 3.02. The van der Waals surface area contributed by atoms with Gasteiger partial charge >= 0.3 is 0 Å². The van der Waals surface area contributed by atoms with E-state index in [1.807, 2.05) is 35.8 Å². The first-order valence-corrected chi connectivity index (χ1v) is 13.1. The highest BCUT2D eigenvalue weighted by molar-refractivity contribution is 7.13. The molecular formula is C30H20BN3O2S. The second-order valence-electron chi connectivity index (χ2n) is 9.33. The van der Waals surface area contributed by atoms with Crippen LogP contribution < -0.4 is 35.7 Å². The average Bonchev–Trinajstić information content (AvgIpc) is 3.66. The molecule has 0 atom stereocenters. The first-order valence-electron chi connectivity index (χ1n) is 12.2. The fraction of sp³-hybridized carbons (Fsp3) is 0.0333. The van der Waals surface area contributed by atoms with Crippen LogP contribution in [0, 0.1) is 0 Å². The molecule has 7 heteroatoms. The van der Waals surface area contributed by atoms with Crippen LogP contribution in [0.15, 0.2) is 109 Å². The van der Waals surface area contributed by atoms with Crippen LogP contribution in [0.2, 0.25) is 0 Å². The van der Waals surface area contributed by atoms with E-state index in [0.29, 0.717) is 0 Å². The van der Waals surface area contributed by atoms with E-state index < -0.39 is 0 Å². The zero-order valence-electron chi connectivity index (χ0n) is 19.7. The third kappa shape index (κ3) is 3.28.